The van der Waals surface area contributed by atoms with E-state index in [1.54, 1.807) is 0 Å². The zero-order valence-electron chi connectivity index (χ0n) is 11.3. The van der Waals surface area contributed by atoms with E-state index >= 15 is 0 Å². The molecule has 2 atom stereocenters. The summed E-state index contributed by atoms with van der Waals surface area (Å²) in [5, 5.41) is 6.31. The fraction of sp³-hybridized carbons (Fsp3) is 0.923. The molecule has 2 fully saturated rings. The number of ether oxygens (including phenoxy) is 1. The Morgan fingerprint density at radius 3 is 3.22 bits per heavy atom. The van der Waals surface area contributed by atoms with Crippen molar-refractivity contribution in [3.63, 3.8) is 0 Å². The molecule has 2 N–H and O–H groups in total. The van der Waals surface area contributed by atoms with E-state index in [0.717, 1.165) is 58.6 Å². The third-order valence-corrected chi connectivity index (χ3v) is 3.80. The number of hydrogen-bond donors (Lipinski definition) is 2. The van der Waals surface area contributed by atoms with Gasteiger partial charge in [0.15, 0.2) is 0 Å². The maximum atomic E-state index is 11.8. The molecule has 104 valence electrons. The molecule has 2 unspecified atom stereocenters. The Morgan fingerprint density at radius 2 is 2.39 bits per heavy atom. The Balaban J connectivity index is 1.74. The van der Waals surface area contributed by atoms with Crippen LogP contribution >= 0.6 is 0 Å². The molecule has 5 nitrogen and oxygen atoms in total. The fourth-order valence-corrected chi connectivity index (χ4v) is 2.60. The van der Waals surface area contributed by atoms with Crippen molar-refractivity contribution in [2.24, 2.45) is 0 Å². The number of rotatable bonds is 4. The highest BCUT2D eigenvalue weighted by molar-refractivity contribution is 5.81. The molecule has 2 aliphatic heterocycles. The molecule has 1 amide bonds. The van der Waals surface area contributed by atoms with Crippen molar-refractivity contribution in [2.45, 2.75) is 38.3 Å². The first kappa shape index (κ1) is 13.8. The van der Waals surface area contributed by atoms with E-state index in [2.05, 4.69) is 22.5 Å². The third kappa shape index (κ3) is 3.93. The van der Waals surface area contributed by atoms with Gasteiger partial charge in [-0.25, -0.2) is 0 Å². The van der Waals surface area contributed by atoms with Crippen LogP contribution in [0.3, 0.4) is 0 Å². The van der Waals surface area contributed by atoms with E-state index in [-0.39, 0.29) is 18.1 Å². The molecule has 0 aliphatic carbocycles. The van der Waals surface area contributed by atoms with Crippen LogP contribution in [-0.2, 0) is 9.53 Å². The summed E-state index contributed by atoms with van der Waals surface area (Å²) in [5.74, 6) is 0.149. The molecule has 0 bridgehead atoms. The van der Waals surface area contributed by atoms with E-state index < -0.39 is 0 Å². The van der Waals surface area contributed by atoms with Gasteiger partial charge in [-0.05, 0) is 25.8 Å². The summed E-state index contributed by atoms with van der Waals surface area (Å²) in [6.45, 7) is 7.64. The van der Waals surface area contributed by atoms with Crippen molar-refractivity contribution < 1.29 is 9.53 Å². The van der Waals surface area contributed by atoms with Gasteiger partial charge in [0.05, 0.1) is 18.8 Å². The molecule has 0 spiro atoms. The lowest BCUT2D eigenvalue weighted by Crippen LogP contribution is -2.50. The topological polar surface area (TPSA) is 53.6 Å². The zero-order valence-corrected chi connectivity index (χ0v) is 11.3. The number of amides is 1. The number of hydrogen-bond acceptors (Lipinski definition) is 4. The average molecular weight is 255 g/mol. The van der Waals surface area contributed by atoms with Gasteiger partial charge < -0.3 is 15.4 Å². The average Bonchev–Trinajstić information content (AvgIpc) is 2.61. The number of nitrogens with zero attached hydrogens (tertiary/aromatic N) is 1. The van der Waals surface area contributed by atoms with E-state index in [1.807, 2.05) is 0 Å². The highest BCUT2D eigenvalue weighted by Crippen LogP contribution is 2.07. The molecule has 0 radical (unpaired) electrons. The zero-order chi connectivity index (χ0) is 12.8. The SMILES string of the molecule is CCN1CCOC(CNC2CCCCNC2=O)C1. The molecule has 0 aromatic carbocycles. The third-order valence-electron chi connectivity index (χ3n) is 3.80. The van der Waals surface area contributed by atoms with Crippen molar-refractivity contribution in [1.82, 2.24) is 15.5 Å². The molecule has 0 aromatic rings. The summed E-state index contributed by atoms with van der Waals surface area (Å²) in [6, 6.07) is -0.0342. The Labute approximate surface area is 109 Å². The molecule has 2 rings (SSSR count). The molecular formula is C13H25N3O2. The first-order valence-corrected chi connectivity index (χ1v) is 7.14. The lowest BCUT2D eigenvalue weighted by atomic mass is 10.1. The van der Waals surface area contributed by atoms with Crippen molar-refractivity contribution in [3.8, 4) is 0 Å². The predicted molar refractivity (Wildman–Crippen MR) is 70.5 cm³/mol. The highest BCUT2D eigenvalue weighted by Gasteiger charge is 2.23. The Hall–Kier alpha value is -0.650. The van der Waals surface area contributed by atoms with Gasteiger partial charge in [-0.15, -0.1) is 0 Å². The summed E-state index contributed by atoms with van der Waals surface area (Å²) >= 11 is 0. The summed E-state index contributed by atoms with van der Waals surface area (Å²) in [5.41, 5.74) is 0. The van der Waals surface area contributed by atoms with Gasteiger partial charge in [-0.3, -0.25) is 9.69 Å². The first-order chi connectivity index (χ1) is 8.79. The highest BCUT2D eigenvalue weighted by atomic mass is 16.5. The quantitative estimate of drug-likeness (QED) is 0.740. The summed E-state index contributed by atoms with van der Waals surface area (Å²) in [4.78, 5) is 14.2. The van der Waals surface area contributed by atoms with Crippen LogP contribution in [0.5, 0.6) is 0 Å². The molecule has 5 heteroatoms. The minimum absolute atomic E-state index is 0.0342. The minimum Gasteiger partial charge on any atom is -0.374 e. The van der Waals surface area contributed by atoms with Gasteiger partial charge >= 0.3 is 0 Å². The van der Waals surface area contributed by atoms with Crippen LogP contribution < -0.4 is 10.6 Å². The van der Waals surface area contributed by atoms with Gasteiger partial charge in [0, 0.05) is 26.2 Å². The number of carbonyl (C=O) groups is 1. The lowest BCUT2D eigenvalue weighted by molar-refractivity contribution is -0.123. The van der Waals surface area contributed by atoms with E-state index in [1.165, 1.54) is 0 Å². The number of likely N-dealkylation sites (N-methyl/N-ethyl adjacent to an activating group) is 1. The van der Waals surface area contributed by atoms with E-state index in [0.29, 0.717) is 0 Å². The maximum absolute atomic E-state index is 11.8. The van der Waals surface area contributed by atoms with Crippen LogP contribution in [0.25, 0.3) is 0 Å². The van der Waals surface area contributed by atoms with Crippen LogP contribution in [0.1, 0.15) is 26.2 Å². The molecular weight excluding hydrogens is 230 g/mol. The van der Waals surface area contributed by atoms with Gasteiger partial charge in [-0.1, -0.05) is 6.92 Å². The largest absolute Gasteiger partial charge is 0.374 e. The summed E-state index contributed by atoms with van der Waals surface area (Å²) in [6.07, 6.45) is 3.36. The standard InChI is InChI=1S/C13H25N3O2/c1-2-16-7-8-18-11(10-16)9-15-12-5-3-4-6-14-13(12)17/h11-12,15H,2-10H2,1H3,(H,14,17). The van der Waals surface area contributed by atoms with Crippen LogP contribution in [0, 0.1) is 0 Å². The number of nitrogens with one attached hydrogen (secondary N) is 2. The van der Waals surface area contributed by atoms with Crippen molar-refractivity contribution in [2.75, 3.05) is 39.3 Å². The van der Waals surface area contributed by atoms with Gasteiger partial charge in [0.1, 0.15) is 0 Å². The fourth-order valence-electron chi connectivity index (χ4n) is 2.60. The molecule has 0 aromatic heterocycles. The second-order valence-electron chi connectivity index (χ2n) is 5.13. The van der Waals surface area contributed by atoms with Crippen molar-refractivity contribution in [3.05, 3.63) is 0 Å². The van der Waals surface area contributed by atoms with Gasteiger partial charge in [0.2, 0.25) is 5.91 Å². The first-order valence-electron chi connectivity index (χ1n) is 7.14. The van der Waals surface area contributed by atoms with Gasteiger partial charge in [-0.2, -0.15) is 0 Å². The van der Waals surface area contributed by atoms with Crippen molar-refractivity contribution in [1.29, 1.82) is 0 Å². The second kappa shape index (κ2) is 7.07. The summed E-state index contributed by atoms with van der Waals surface area (Å²) < 4.78 is 5.73. The van der Waals surface area contributed by atoms with Crippen LogP contribution in [0.2, 0.25) is 0 Å². The molecule has 2 heterocycles. The van der Waals surface area contributed by atoms with E-state index in [9.17, 15) is 4.79 Å². The monoisotopic (exact) mass is 255 g/mol. The predicted octanol–water partition coefficient (Wildman–Crippen LogP) is -0.0346. The van der Waals surface area contributed by atoms with E-state index in [4.69, 9.17) is 4.74 Å². The molecule has 0 saturated carbocycles. The van der Waals surface area contributed by atoms with Gasteiger partial charge in [0.25, 0.3) is 0 Å². The molecule has 2 saturated heterocycles. The van der Waals surface area contributed by atoms with Crippen molar-refractivity contribution >= 4 is 5.91 Å². The Bertz CT molecular complexity index is 273. The Morgan fingerprint density at radius 1 is 1.50 bits per heavy atom. The lowest BCUT2D eigenvalue weighted by Gasteiger charge is -2.32. The Kier molecular flexibility index (Phi) is 5.41. The molecule has 2 aliphatic rings. The van der Waals surface area contributed by atoms with Crippen LogP contribution in [-0.4, -0.2) is 62.3 Å². The molecule has 18 heavy (non-hydrogen) atoms. The van der Waals surface area contributed by atoms with Crippen LogP contribution in [0.15, 0.2) is 0 Å². The second-order valence-corrected chi connectivity index (χ2v) is 5.13. The maximum Gasteiger partial charge on any atom is 0.237 e. The minimum atomic E-state index is -0.0342. The van der Waals surface area contributed by atoms with Crippen LogP contribution in [0.4, 0.5) is 0 Å². The number of carbonyl (C=O) groups excluding carboxylic acids is 1. The smallest absolute Gasteiger partial charge is 0.237 e. The normalized spacial score (nSPS) is 30.8. The summed E-state index contributed by atoms with van der Waals surface area (Å²) in [7, 11) is 0. The number of morpholine rings is 1.